The van der Waals surface area contributed by atoms with Gasteiger partial charge in [0.15, 0.2) is 0 Å². The van der Waals surface area contributed by atoms with Crippen molar-refractivity contribution in [3.63, 3.8) is 0 Å². The van der Waals surface area contributed by atoms with Crippen LogP contribution in [0.2, 0.25) is 5.02 Å². The maximum atomic E-state index is 6.43. The molecule has 2 N–H and O–H groups in total. The molecule has 4 heteroatoms. The van der Waals surface area contributed by atoms with Crippen molar-refractivity contribution in [2.75, 3.05) is 23.9 Å². The molecule has 1 fully saturated rings. The molecule has 0 unspecified atom stereocenters. The highest BCUT2D eigenvalue weighted by Crippen LogP contribution is 2.40. The number of anilines is 2. The molecule has 4 rings (SSSR count). The molecule has 1 heterocycles. The van der Waals surface area contributed by atoms with Crippen LogP contribution in [0.3, 0.4) is 0 Å². The van der Waals surface area contributed by atoms with Crippen LogP contribution in [0.1, 0.15) is 12.8 Å². The maximum absolute atomic E-state index is 6.43. The molecular weight excluding hydrogens is 284 g/mol. The van der Waals surface area contributed by atoms with E-state index < -0.39 is 0 Å². The third kappa shape index (κ3) is 2.54. The number of benzene rings is 2. The van der Waals surface area contributed by atoms with Crippen molar-refractivity contribution in [3.05, 3.63) is 41.4 Å². The molecule has 0 bridgehead atoms. The van der Waals surface area contributed by atoms with Gasteiger partial charge in [0.05, 0.1) is 29.7 Å². The Labute approximate surface area is 129 Å². The molecule has 108 valence electrons. The monoisotopic (exact) mass is 300 g/mol. The van der Waals surface area contributed by atoms with Gasteiger partial charge in [-0.3, -0.25) is 0 Å². The highest BCUT2D eigenvalue weighted by Gasteiger charge is 2.23. The summed E-state index contributed by atoms with van der Waals surface area (Å²) in [5.41, 5.74) is 4.31. The zero-order valence-electron chi connectivity index (χ0n) is 11.7. The first kappa shape index (κ1) is 12.8. The SMILES string of the molecule is Clc1cccc(OCC2CC2)c1-c1ccc2c(c1)NCN2. The van der Waals surface area contributed by atoms with E-state index in [4.69, 9.17) is 16.3 Å². The van der Waals surface area contributed by atoms with E-state index in [0.717, 1.165) is 52.5 Å². The Bertz CT molecular complexity index is 682. The van der Waals surface area contributed by atoms with Gasteiger partial charge < -0.3 is 15.4 Å². The van der Waals surface area contributed by atoms with Gasteiger partial charge in [0.1, 0.15) is 5.75 Å². The number of fused-ring (bicyclic) bond motifs is 1. The summed E-state index contributed by atoms with van der Waals surface area (Å²) in [4.78, 5) is 0. The van der Waals surface area contributed by atoms with E-state index in [9.17, 15) is 0 Å². The van der Waals surface area contributed by atoms with Crippen molar-refractivity contribution >= 4 is 23.0 Å². The number of hydrogen-bond donors (Lipinski definition) is 2. The zero-order valence-corrected chi connectivity index (χ0v) is 12.4. The Hall–Kier alpha value is -1.87. The van der Waals surface area contributed by atoms with Gasteiger partial charge in [-0.05, 0) is 48.6 Å². The third-order valence-corrected chi connectivity index (χ3v) is 4.33. The molecule has 1 saturated carbocycles. The highest BCUT2D eigenvalue weighted by atomic mass is 35.5. The molecule has 2 aliphatic rings. The van der Waals surface area contributed by atoms with Crippen LogP contribution in [-0.4, -0.2) is 13.3 Å². The Morgan fingerprint density at radius 1 is 1.10 bits per heavy atom. The second kappa shape index (κ2) is 5.15. The van der Waals surface area contributed by atoms with Crippen LogP contribution in [0.5, 0.6) is 5.75 Å². The summed E-state index contributed by atoms with van der Waals surface area (Å²) < 4.78 is 6.00. The molecule has 0 spiro atoms. The summed E-state index contributed by atoms with van der Waals surface area (Å²) in [6.45, 7) is 1.56. The lowest BCUT2D eigenvalue weighted by atomic mass is 10.0. The van der Waals surface area contributed by atoms with Gasteiger partial charge in [-0.25, -0.2) is 0 Å². The topological polar surface area (TPSA) is 33.3 Å². The van der Waals surface area contributed by atoms with Gasteiger partial charge >= 0.3 is 0 Å². The van der Waals surface area contributed by atoms with E-state index in [0.29, 0.717) is 0 Å². The van der Waals surface area contributed by atoms with Crippen LogP contribution in [-0.2, 0) is 0 Å². The van der Waals surface area contributed by atoms with Crippen molar-refractivity contribution in [2.45, 2.75) is 12.8 Å². The molecule has 0 aromatic heterocycles. The van der Waals surface area contributed by atoms with E-state index in [1.165, 1.54) is 12.8 Å². The first-order valence-corrected chi connectivity index (χ1v) is 7.72. The van der Waals surface area contributed by atoms with E-state index in [-0.39, 0.29) is 0 Å². The van der Waals surface area contributed by atoms with Gasteiger partial charge in [-0.15, -0.1) is 0 Å². The number of hydrogen-bond acceptors (Lipinski definition) is 3. The minimum atomic E-state index is 0.725. The van der Waals surface area contributed by atoms with Crippen LogP contribution >= 0.6 is 11.6 Å². The van der Waals surface area contributed by atoms with Crippen LogP contribution in [0, 0.1) is 5.92 Å². The molecule has 3 nitrogen and oxygen atoms in total. The molecule has 2 aromatic rings. The molecule has 0 radical (unpaired) electrons. The molecule has 2 aromatic carbocycles. The summed E-state index contributed by atoms with van der Waals surface area (Å²) in [6.07, 6.45) is 2.56. The van der Waals surface area contributed by atoms with Gasteiger partial charge in [0.2, 0.25) is 0 Å². The first-order valence-electron chi connectivity index (χ1n) is 7.35. The van der Waals surface area contributed by atoms with Gasteiger partial charge in [-0.1, -0.05) is 23.7 Å². The van der Waals surface area contributed by atoms with Crippen LogP contribution < -0.4 is 15.4 Å². The summed E-state index contributed by atoms with van der Waals surface area (Å²) in [5, 5.41) is 7.33. The molecule has 1 aliphatic heterocycles. The average Bonchev–Trinajstić information content (AvgIpc) is 3.20. The van der Waals surface area contributed by atoms with E-state index >= 15 is 0 Å². The highest BCUT2D eigenvalue weighted by molar-refractivity contribution is 6.33. The first-order chi connectivity index (χ1) is 10.3. The van der Waals surface area contributed by atoms with Crippen molar-refractivity contribution in [1.82, 2.24) is 0 Å². The fourth-order valence-electron chi connectivity index (χ4n) is 2.63. The van der Waals surface area contributed by atoms with Gasteiger partial charge in [0, 0.05) is 5.56 Å². The number of rotatable bonds is 4. The lowest BCUT2D eigenvalue weighted by Crippen LogP contribution is -2.00. The molecule has 0 saturated heterocycles. The van der Waals surface area contributed by atoms with Crippen molar-refractivity contribution in [3.8, 4) is 16.9 Å². The van der Waals surface area contributed by atoms with E-state index in [1.54, 1.807) is 0 Å². The molecule has 1 aliphatic carbocycles. The standard InChI is InChI=1S/C17H17ClN2O/c18-13-2-1-3-16(21-9-11-4-5-11)17(13)12-6-7-14-15(8-12)20-10-19-14/h1-3,6-8,11,19-20H,4-5,9-10H2. The number of halogens is 1. The average molecular weight is 301 g/mol. The quantitative estimate of drug-likeness (QED) is 0.866. The lowest BCUT2D eigenvalue weighted by molar-refractivity contribution is 0.301. The van der Waals surface area contributed by atoms with Crippen molar-refractivity contribution in [2.24, 2.45) is 5.92 Å². The van der Waals surface area contributed by atoms with Crippen molar-refractivity contribution in [1.29, 1.82) is 0 Å². The normalized spacial score (nSPS) is 16.0. The fraction of sp³-hybridized carbons (Fsp3) is 0.294. The number of nitrogens with one attached hydrogen (secondary N) is 2. The minimum Gasteiger partial charge on any atom is -0.493 e. The minimum absolute atomic E-state index is 0.725. The van der Waals surface area contributed by atoms with E-state index in [1.807, 2.05) is 18.2 Å². The molecule has 0 atom stereocenters. The Morgan fingerprint density at radius 2 is 1.95 bits per heavy atom. The summed E-state index contributed by atoms with van der Waals surface area (Å²) in [6, 6.07) is 12.2. The number of ether oxygens (including phenoxy) is 1. The summed E-state index contributed by atoms with van der Waals surface area (Å²) in [5.74, 6) is 1.60. The van der Waals surface area contributed by atoms with Gasteiger partial charge in [-0.2, -0.15) is 0 Å². The second-order valence-electron chi connectivity index (χ2n) is 5.66. The Balaban J connectivity index is 1.72. The fourth-order valence-corrected chi connectivity index (χ4v) is 2.91. The second-order valence-corrected chi connectivity index (χ2v) is 6.07. The van der Waals surface area contributed by atoms with Gasteiger partial charge in [0.25, 0.3) is 0 Å². The smallest absolute Gasteiger partial charge is 0.128 e. The van der Waals surface area contributed by atoms with Crippen molar-refractivity contribution < 1.29 is 4.74 Å². The lowest BCUT2D eigenvalue weighted by Gasteiger charge is -2.14. The predicted octanol–water partition coefficient (Wildman–Crippen LogP) is 4.59. The van der Waals surface area contributed by atoms with E-state index in [2.05, 4.69) is 28.8 Å². The summed E-state index contributed by atoms with van der Waals surface area (Å²) >= 11 is 6.43. The summed E-state index contributed by atoms with van der Waals surface area (Å²) in [7, 11) is 0. The van der Waals surface area contributed by atoms with Crippen LogP contribution in [0.15, 0.2) is 36.4 Å². The zero-order chi connectivity index (χ0) is 14.2. The Kier molecular flexibility index (Phi) is 3.15. The molecule has 21 heavy (non-hydrogen) atoms. The largest absolute Gasteiger partial charge is 0.493 e. The third-order valence-electron chi connectivity index (χ3n) is 4.01. The Morgan fingerprint density at radius 3 is 2.81 bits per heavy atom. The predicted molar refractivity (Wildman–Crippen MR) is 87.2 cm³/mol. The molecular formula is C17H17ClN2O. The van der Waals surface area contributed by atoms with Crippen LogP contribution in [0.4, 0.5) is 11.4 Å². The molecule has 0 amide bonds. The van der Waals surface area contributed by atoms with Crippen LogP contribution in [0.25, 0.3) is 11.1 Å². The maximum Gasteiger partial charge on any atom is 0.128 e.